The van der Waals surface area contributed by atoms with Crippen molar-refractivity contribution in [2.75, 3.05) is 0 Å². The Morgan fingerprint density at radius 1 is 1.11 bits per heavy atom. The van der Waals surface area contributed by atoms with Crippen molar-refractivity contribution >= 4 is 15.9 Å². The normalized spacial score (nSPS) is 10.1. The first-order valence-corrected chi connectivity index (χ1v) is 8.60. The molecule has 0 aliphatic heterocycles. The minimum Gasteiger partial charge on any atom is -0.453 e. The SMILES string of the molecule is N#Cc1cc(C#N)cc(Oc2c(Br)ccc(Cn3ccc(=O)[nH]c3=O)c2F)c1. The fraction of sp³-hybridized carbons (Fsp3) is 0.0526. The Balaban J connectivity index is 2.00. The van der Waals surface area contributed by atoms with Crippen LogP contribution in [-0.4, -0.2) is 9.55 Å². The molecule has 1 N–H and O–H groups in total. The van der Waals surface area contributed by atoms with Crippen molar-refractivity contribution in [1.82, 2.24) is 9.55 Å². The Kier molecular flexibility index (Phi) is 5.39. The van der Waals surface area contributed by atoms with Gasteiger partial charge in [-0.25, -0.2) is 9.18 Å². The third-order valence-corrected chi connectivity index (χ3v) is 4.38. The number of hydrogen-bond donors (Lipinski definition) is 1. The molecule has 28 heavy (non-hydrogen) atoms. The summed E-state index contributed by atoms with van der Waals surface area (Å²) in [6.07, 6.45) is 1.26. The maximum Gasteiger partial charge on any atom is 0.328 e. The van der Waals surface area contributed by atoms with Crippen LogP contribution in [-0.2, 0) is 6.54 Å². The molecular weight excluding hydrogens is 431 g/mol. The zero-order chi connectivity index (χ0) is 20.3. The van der Waals surface area contributed by atoms with E-state index in [2.05, 4.69) is 20.9 Å². The van der Waals surface area contributed by atoms with Crippen molar-refractivity contribution in [2.24, 2.45) is 0 Å². The van der Waals surface area contributed by atoms with Crippen molar-refractivity contribution in [1.29, 1.82) is 10.5 Å². The van der Waals surface area contributed by atoms with Gasteiger partial charge in [-0.15, -0.1) is 0 Å². The molecule has 0 radical (unpaired) electrons. The molecule has 0 unspecified atom stereocenters. The van der Waals surface area contributed by atoms with Gasteiger partial charge >= 0.3 is 5.69 Å². The van der Waals surface area contributed by atoms with E-state index in [1.54, 1.807) is 6.07 Å². The van der Waals surface area contributed by atoms with E-state index in [9.17, 15) is 9.59 Å². The smallest absolute Gasteiger partial charge is 0.328 e. The van der Waals surface area contributed by atoms with E-state index in [0.29, 0.717) is 4.47 Å². The minimum absolute atomic E-state index is 0.119. The van der Waals surface area contributed by atoms with Crippen LogP contribution in [0.4, 0.5) is 4.39 Å². The quantitative estimate of drug-likeness (QED) is 0.669. The molecule has 0 saturated carbocycles. The van der Waals surface area contributed by atoms with Gasteiger partial charge in [-0.3, -0.25) is 14.3 Å². The molecule has 3 aromatic rings. The molecule has 0 amide bonds. The van der Waals surface area contributed by atoms with E-state index in [1.807, 2.05) is 12.1 Å². The highest BCUT2D eigenvalue weighted by Gasteiger charge is 2.16. The van der Waals surface area contributed by atoms with Gasteiger partial charge in [0.05, 0.1) is 34.3 Å². The van der Waals surface area contributed by atoms with Crippen LogP contribution in [0, 0.1) is 28.5 Å². The van der Waals surface area contributed by atoms with Crippen LogP contribution in [0.15, 0.2) is 56.7 Å². The molecule has 3 rings (SSSR count). The highest BCUT2D eigenvalue weighted by atomic mass is 79.9. The summed E-state index contributed by atoms with van der Waals surface area (Å²) in [5.74, 6) is -0.768. The summed E-state index contributed by atoms with van der Waals surface area (Å²) in [6, 6.07) is 12.1. The molecule has 138 valence electrons. The Morgan fingerprint density at radius 2 is 1.79 bits per heavy atom. The van der Waals surface area contributed by atoms with Crippen molar-refractivity contribution in [3.05, 3.63) is 90.4 Å². The first-order chi connectivity index (χ1) is 13.4. The predicted octanol–water partition coefficient (Wildman–Crippen LogP) is 3.02. The first-order valence-electron chi connectivity index (χ1n) is 7.81. The standard InChI is InChI=1S/C19H10BrFN4O3/c20-15-2-1-13(10-25-4-3-16(26)24-19(25)27)17(21)18(15)28-14-6-11(8-22)5-12(7-14)9-23/h1-7H,10H2,(H,24,26,27). The number of H-pyrrole nitrogens is 1. The number of hydrogen-bond acceptors (Lipinski definition) is 5. The van der Waals surface area contributed by atoms with Crippen LogP contribution < -0.4 is 16.0 Å². The van der Waals surface area contributed by atoms with E-state index in [0.717, 1.165) is 10.6 Å². The number of nitrogens with zero attached hydrogens (tertiary/aromatic N) is 3. The summed E-state index contributed by atoms with van der Waals surface area (Å²) < 4.78 is 22.0. The fourth-order valence-electron chi connectivity index (χ4n) is 2.45. The number of ether oxygens (including phenoxy) is 1. The zero-order valence-corrected chi connectivity index (χ0v) is 15.7. The van der Waals surface area contributed by atoms with Gasteiger partial charge in [0, 0.05) is 17.8 Å². The maximum absolute atomic E-state index is 15.0. The van der Waals surface area contributed by atoms with Crippen molar-refractivity contribution in [2.45, 2.75) is 6.54 Å². The Labute approximate surface area is 166 Å². The van der Waals surface area contributed by atoms with Crippen LogP contribution in [0.5, 0.6) is 11.5 Å². The molecule has 0 aliphatic rings. The Bertz CT molecular complexity index is 1240. The number of nitriles is 2. The largest absolute Gasteiger partial charge is 0.453 e. The zero-order valence-electron chi connectivity index (χ0n) is 14.1. The molecule has 7 nitrogen and oxygen atoms in total. The van der Waals surface area contributed by atoms with E-state index in [4.69, 9.17) is 15.3 Å². The monoisotopic (exact) mass is 440 g/mol. The Morgan fingerprint density at radius 3 is 2.39 bits per heavy atom. The summed E-state index contributed by atoms with van der Waals surface area (Å²) in [5.41, 5.74) is -0.683. The van der Waals surface area contributed by atoms with E-state index < -0.39 is 17.1 Å². The lowest BCUT2D eigenvalue weighted by atomic mass is 10.1. The lowest BCUT2D eigenvalue weighted by Gasteiger charge is -2.13. The first kappa shape index (κ1) is 19.1. The van der Waals surface area contributed by atoms with Crippen LogP contribution in [0.2, 0.25) is 0 Å². The molecule has 0 aliphatic carbocycles. The second-order valence-corrected chi connectivity index (χ2v) is 6.51. The molecule has 0 fully saturated rings. The van der Waals surface area contributed by atoms with Gasteiger partial charge in [-0.2, -0.15) is 10.5 Å². The van der Waals surface area contributed by atoms with Crippen LogP contribution in [0.1, 0.15) is 16.7 Å². The van der Waals surface area contributed by atoms with E-state index in [-0.39, 0.29) is 34.7 Å². The third kappa shape index (κ3) is 4.00. The van der Waals surface area contributed by atoms with Gasteiger partial charge in [0.15, 0.2) is 11.6 Å². The van der Waals surface area contributed by atoms with Gasteiger partial charge < -0.3 is 4.74 Å². The summed E-state index contributed by atoms with van der Waals surface area (Å²) in [7, 11) is 0. The lowest BCUT2D eigenvalue weighted by molar-refractivity contribution is 0.433. The minimum atomic E-state index is -0.728. The van der Waals surface area contributed by atoms with Gasteiger partial charge in [0.2, 0.25) is 0 Å². The topological polar surface area (TPSA) is 112 Å². The third-order valence-electron chi connectivity index (χ3n) is 3.75. The van der Waals surface area contributed by atoms with Gasteiger partial charge in [-0.1, -0.05) is 6.07 Å². The average molecular weight is 441 g/mol. The molecule has 0 spiro atoms. The molecule has 0 atom stereocenters. The number of halogens is 2. The molecule has 0 saturated heterocycles. The van der Waals surface area contributed by atoms with Crippen molar-refractivity contribution in [3.63, 3.8) is 0 Å². The van der Waals surface area contributed by atoms with Crippen LogP contribution in [0.25, 0.3) is 0 Å². The van der Waals surface area contributed by atoms with Gasteiger partial charge in [0.1, 0.15) is 5.75 Å². The second kappa shape index (κ2) is 7.91. The number of rotatable bonds is 4. The molecule has 1 aromatic heterocycles. The predicted molar refractivity (Wildman–Crippen MR) is 100 cm³/mol. The second-order valence-electron chi connectivity index (χ2n) is 5.66. The summed E-state index contributed by atoms with van der Waals surface area (Å²) >= 11 is 3.21. The van der Waals surface area contributed by atoms with Crippen molar-refractivity contribution in [3.8, 4) is 23.6 Å². The molecule has 2 aromatic carbocycles. The number of aromatic nitrogens is 2. The number of nitrogens with one attached hydrogen (secondary N) is 1. The van der Waals surface area contributed by atoms with Gasteiger partial charge in [0.25, 0.3) is 5.56 Å². The summed E-state index contributed by atoms with van der Waals surface area (Å²) in [5, 5.41) is 18.1. The maximum atomic E-state index is 15.0. The lowest BCUT2D eigenvalue weighted by Crippen LogP contribution is -2.29. The summed E-state index contributed by atoms with van der Waals surface area (Å²) in [6.45, 7) is -0.132. The highest BCUT2D eigenvalue weighted by molar-refractivity contribution is 9.10. The fourth-order valence-corrected chi connectivity index (χ4v) is 2.83. The number of aromatic amines is 1. The average Bonchev–Trinajstić information content (AvgIpc) is 2.68. The molecular formula is C19H10BrFN4O3. The van der Waals surface area contributed by atoms with E-state index in [1.165, 1.54) is 30.5 Å². The number of benzene rings is 2. The highest BCUT2D eigenvalue weighted by Crippen LogP contribution is 2.35. The van der Waals surface area contributed by atoms with Crippen molar-refractivity contribution < 1.29 is 9.13 Å². The Hall–Kier alpha value is -3.69. The van der Waals surface area contributed by atoms with Crippen LogP contribution in [0.3, 0.4) is 0 Å². The molecule has 1 heterocycles. The van der Waals surface area contributed by atoms with Crippen LogP contribution >= 0.6 is 15.9 Å². The van der Waals surface area contributed by atoms with Gasteiger partial charge in [-0.05, 0) is 40.2 Å². The molecule has 9 heteroatoms. The summed E-state index contributed by atoms with van der Waals surface area (Å²) in [4.78, 5) is 25.1. The van der Waals surface area contributed by atoms with E-state index >= 15 is 4.39 Å². The molecule has 0 bridgehead atoms.